The summed E-state index contributed by atoms with van der Waals surface area (Å²) >= 11 is 0. The van der Waals surface area contributed by atoms with Crippen LogP contribution in [0.25, 0.3) is 0 Å². The second-order valence-electron chi connectivity index (χ2n) is 4.12. The third kappa shape index (κ3) is 3.35. The summed E-state index contributed by atoms with van der Waals surface area (Å²) in [7, 11) is 0.880. The number of anilines is 1. The molecule has 6 heteroatoms. The lowest BCUT2D eigenvalue weighted by atomic mass is 9.73. The van der Waals surface area contributed by atoms with E-state index in [2.05, 4.69) is 10.1 Å². The van der Waals surface area contributed by atoms with Gasteiger partial charge in [-0.05, 0) is 24.3 Å². The van der Waals surface area contributed by atoms with Crippen molar-refractivity contribution >= 4 is 24.5 Å². The third-order valence-electron chi connectivity index (χ3n) is 2.72. The van der Waals surface area contributed by atoms with Crippen molar-refractivity contribution in [3.8, 4) is 5.75 Å². The molecule has 0 unspecified atom stereocenters. The Morgan fingerprint density at radius 2 is 1.70 bits per heavy atom. The van der Waals surface area contributed by atoms with E-state index in [1.807, 2.05) is 19.0 Å². The van der Waals surface area contributed by atoms with Gasteiger partial charge in [-0.2, -0.15) is 0 Å². The minimum atomic E-state index is -0.946. The number of amides is 1. The van der Waals surface area contributed by atoms with Crippen molar-refractivity contribution in [2.45, 2.75) is 6.82 Å². The maximum atomic E-state index is 13.3. The van der Waals surface area contributed by atoms with Crippen LogP contribution in [0.1, 0.15) is 0 Å². The highest BCUT2D eigenvalue weighted by atomic mass is 19.1. The maximum absolute atomic E-state index is 13.3. The Bertz CT molecular complexity index is 597. The van der Waals surface area contributed by atoms with E-state index in [1.165, 1.54) is 6.07 Å². The molecule has 0 aromatic heterocycles. The number of benzene rings is 2. The summed E-state index contributed by atoms with van der Waals surface area (Å²) in [6.07, 6.45) is -0.946. The molecule has 3 nitrogen and oxygen atoms in total. The van der Waals surface area contributed by atoms with E-state index in [4.69, 9.17) is 0 Å². The highest BCUT2D eigenvalue weighted by Crippen LogP contribution is 2.21. The molecule has 1 N–H and O–H groups in total. The first-order valence-corrected chi connectivity index (χ1v) is 6.12. The second kappa shape index (κ2) is 6.19. The molecule has 2 aromatic carbocycles. The molecule has 0 heterocycles. The molecule has 0 atom stereocenters. The first kappa shape index (κ1) is 14.1. The van der Waals surface area contributed by atoms with Crippen LogP contribution < -0.4 is 15.5 Å². The molecule has 0 aliphatic heterocycles. The number of carbonyl (C=O) groups is 1. The van der Waals surface area contributed by atoms with E-state index in [0.29, 0.717) is 5.69 Å². The van der Waals surface area contributed by atoms with E-state index in [-0.39, 0.29) is 0 Å². The fourth-order valence-corrected chi connectivity index (χ4v) is 1.64. The average molecular weight is 275 g/mol. The number of hydrogen-bond donors (Lipinski definition) is 1. The van der Waals surface area contributed by atoms with Crippen molar-refractivity contribution in [2.75, 3.05) is 5.32 Å². The summed E-state index contributed by atoms with van der Waals surface area (Å²) in [5, 5.41) is 2.40. The van der Waals surface area contributed by atoms with Crippen LogP contribution in [0.4, 0.5) is 19.3 Å². The highest BCUT2D eigenvalue weighted by molar-refractivity contribution is 6.51. The van der Waals surface area contributed by atoms with Gasteiger partial charge in [-0.1, -0.05) is 30.5 Å². The normalized spacial score (nSPS) is 9.95. The topological polar surface area (TPSA) is 38.3 Å². The molecule has 0 saturated carbocycles. The molecule has 20 heavy (non-hydrogen) atoms. The summed E-state index contributed by atoms with van der Waals surface area (Å²) in [6, 6.07) is 10.3. The summed E-state index contributed by atoms with van der Waals surface area (Å²) in [5.41, 5.74) is 1.60. The van der Waals surface area contributed by atoms with Crippen molar-refractivity contribution < 1.29 is 18.3 Å². The van der Waals surface area contributed by atoms with Crippen LogP contribution >= 0.6 is 0 Å². The number of nitrogens with one attached hydrogen (secondary N) is 1. The van der Waals surface area contributed by atoms with Crippen LogP contribution in [-0.4, -0.2) is 13.4 Å². The molecule has 2 aromatic rings. The first-order chi connectivity index (χ1) is 9.60. The SMILES string of the molecule is CBc1ccc(NC(=O)Oc2c(F)cccc2F)cc1. The van der Waals surface area contributed by atoms with Gasteiger partial charge in [0, 0.05) is 5.69 Å². The predicted molar refractivity (Wildman–Crippen MR) is 75.1 cm³/mol. The first-order valence-electron chi connectivity index (χ1n) is 6.12. The Hall–Kier alpha value is -2.37. The Kier molecular flexibility index (Phi) is 4.35. The van der Waals surface area contributed by atoms with E-state index in [9.17, 15) is 13.6 Å². The van der Waals surface area contributed by atoms with Crippen LogP contribution in [0.2, 0.25) is 6.82 Å². The van der Waals surface area contributed by atoms with Gasteiger partial charge in [-0.25, -0.2) is 13.6 Å². The van der Waals surface area contributed by atoms with Crippen LogP contribution in [0.5, 0.6) is 5.75 Å². The van der Waals surface area contributed by atoms with Crippen molar-refractivity contribution in [1.29, 1.82) is 0 Å². The smallest absolute Gasteiger partial charge is 0.404 e. The van der Waals surface area contributed by atoms with Gasteiger partial charge in [-0.3, -0.25) is 5.32 Å². The molecule has 0 aliphatic rings. The van der Waals surface area contributed by atoms with Crippen LogP contribution in [0, 0.1) is 11.6 Å². The zero-order chi connectivity index (χ0) is 14.5. The molecule has 2 rings (SSSR count). The van der Waals surface area contributed by atoms with Gasteiger partial charge >= 0.3 is 6.09 Å². The molecule has 0 saturated heterocycles. The fourth-order valence-electron chi connectivity index (χ4n) is 1.64. The lowest BCUT2D eigenvalue weighted by molar-refractivity contribution is 0.210. The van der Waals surface area contributed by atoms with Gasteiger partial charge in [0.05, 0.1) is 0 Å². The van der Waals surface area contributed by atoms with Crippen molar-refractivity contribution in [3.63, 3.8) is 0 Å². The van der Waals surface area contributed by atoms with E-state index < -0.39 is 23.5 Å². The molecule has 0 radical (unpaired) electrons. The largest absolute Gasteiger partial charge is 0.417 e. The standard InChI is InChI=1S/C14H12BF2NO2/c1-15-9-5-7-10(8-6-9)18-14(19)20-13-11(16)3-2-4-12(13)17/h2-8,15H,1H3,(H,18,19). The third-order valence-corrected chi connectivity index (χ3v) is 2.72. The van der Waals surface area contributed by atoms with Gasteiger partial charge in [0.15, 0.2) is 18.9 Å². The number of para-hydroxylation sites is 1. The Labute approximate surface area is 115 Å². The molecular weight excluding hydrogens is 263 g/mol. The maximum Gasteiger partial charge on any atom is 0.417 e. The number of carbonyl (C=O) groups excluding carboxylic acids is 1. The quantitative estimate of drug-likeness (QED) is 0.874. The highest BCUT2D eigenvalue weighted by Gasteiger charge is 2.14. The number of rotatable bonds is 3. The summed E-state index contributed by atoms with van der Waals surface area (Å²) in [5.74, 6) is -2.57. The molecule has 0 bridgehead atoms. The summed E-state index contributed by atoms with van der Waals surface area (Å²) < 4.78 is 31.2. The van der Waals surface area contributed by atoms with Gasteiger partial charge in [0.1, 0.15) is 0 Å². The van der Waals surface area contributed by atoms with E-state index in [0.717, 1.165) is 24.9 Å². The fraction of sp³-hybridized carbons (Fsp3) is 0.0714. The van der Waals surface area contributed by atoms with Crippen LogP contribution in [0.15, 0.2) is 42.5 Å². The molecule has 0 aliphatic carbocycles. The predicted octanol–water partition coefficient (Wildman–Crippen LogP) is 2.69. The lowest BCUT2D eigenvalue weighted by Gasteiger charge is -2.08. The van der Waals surface area contributed by atoms with E-state index >= 15 is 0 Å². The zero-order valence-electron chi connectivity index (χ0n) is 10.8. The molecule has 0 spiro atoms. The number of halogens is 2. The molecule has 1 amide bonds. The Balaban J connectivity index is 2.05. The van der Waals surface area contributed by atoms with Crippen molar-refractivity contribution in [1.82, 2.24) is 0 Å². The van der Waals surface area contributed by atoms with Crippen molar-refractivity contribution in [2.24, 2.45) is 0 Å². The van der Waals surface area contributed by atoms with E-state index in [1.54, 1.807) is 12.1 Å². The van der Waals surface area contributed by atoms with Crippen LogP contribution in [-0.2, 0) is 0 Å². The molecular formula is C14H12BF2NO2. The molecule has 102 valence electrons. The summed E-state index contributed by atoms with van der Waals surface area (Å²) in [4.78, 5) is 11.6. The van der Waals surface area contributed by atoms with Gasteiger partial charge < -0.3 is 4.74 Å². The Morgan fingerprint density at radius 1 is 1.10 bits per heavy atom. The minimum Gasteiger partial charge on any atom is -0.404 e. The number of ether oxygens (including phenoxy) is 1. The Morgan fingerprint density at radius 3 is 2.25 bits per heavy atom. The monoisotopic (exact) mass is 275 g/mol. The second-order valence-corrected chi connectivity index (χ2v) is 4.12. The molecule has 0 fully saturated rings. The minimum absolute atomic E-state index is 0.490. The van der Waals surface area contributed by atoms with Gasteiger partial charge in [0.2, 0.25) is 5.75 Å². The lowest BCUT2D eigenvalue weighted by Crippen LogP contribution is -2.19. The average Bonchev–Trinajstić information content (AvgIpc) is 2.44. The van der Waals surface area contributed by atoms with Gasteiger partial charge in [-0.15, -0.1) is 0 Å². The number of hydrogen-bond acceptors (Lipinski definition) is 2. The van der Waals surface area contributed by atoms with Gasteiger partial charge in [0.25, 0.3) is 0 Å². The van der Waals surface area contributed by atoms with Crippen molar-refractivity contribution in [3.05, 3.63) is 54.1 Å². The zero-order valence-corrected chi connectivity index (χ0v) is 10.8. The van der Waals surface area contributed by atoms with Crippen LogP contribution in [0.3, 0.4) is 0 Å². The summed E-state index contributed by atoms with van der Waals surface area (Å²) in [6.45, 7) is 2.01.